The Kier molecular flexibility index (Phi) is 3.41. The van der Waals surface area contributed by atoms with Crippen molar-refractivity contribution < 1.29 is 13.5 Å². The second-order valence-corrected chi connectivity index (χ2v) is 3.26. The molecule has 0 atom stereocenters. The summed E-state index contributed by atoms with van der Waals surface area (Å²) in [6.07, 6.45) is 0. The highest BCUT2D eigenvalue weighted by molar-refractivity contribution is 5.45. The van der Waals surface area contributed by atoms with Crippen molar-refractivity contribution in [3.63, 3.8) is 0 Å². The molecule has 1 aromatic rings. The smallest absolute Gasteiger partial charge is 0.268 e. The molecule has 0 bridgehead atoms. The monoisotopic (exact) mass is 201 g/mol. The lowest BCUT2D eigenvalue weighted by atomic mass is 10.2. The molecule has 0 saturated heterocycles. The van der Waals surface area contributed by atoms with Gasteiger partial charge in [-0.25, -0.2) is 8.78 Å². The van der Waals surface area contributed by atoms with Gasteiger partial charge in [-0.3, -0.25) is 0 Å². The Hall–Kier alpha value is -1.16. The topological polar surface area (TPSA) is 35.2 Å². The fraction of sp³-hybridized carbons (Fsp3) is 0.400. The van der Waals surface area contributed by atoms with E-state index in [0.29, 0.717) is 5.69 Å². The maximum Gasteiger partial charge on any atom is 0.268 e. The molecule has 2 nitrogen and oxygen atoms in total. The summed E-state index contributed by atoms with van der Waals surface area (Å²) in [5, 5.41) is 0. The van der Waals surface area contributed by atoms with Gasteiger partial charge in [0.2, 0.25) is 0 Å². The third-order valence-electron chi connectivity index (χ3n) is 1.67. The summed E-state index contributed by atoms with van der Waals surface area (Å²) in [5.74, 6) is -2.79. The van der Waals surface area contributed by atoms with E-state index in [-0.39, 0.29) is 6.61 Å². The zero-order valence-electron chi connectivity index (χ0n) is 7.97. The molecule has 0 spiro atoms. The average Bonchev–Trinajstić information content (AvgIpc) is 2.06. The van der Waals surface area contributed by atoms with Crippen molar-refractivity contribution in [1.29, 1.82) is 0 Å². The van der Waals surface area contributed by atoms with Gasteiger partial charge in [-0.2, -0.15) is 0 Å². The summed E-state index contributed by atoms with van der Waals surface area (Å²) in [7, 11) is 0. The zero-order valence-corrected chi connectivity index (χ0v) is 7.97. The molecule has 0 aromatic heterocycles. The normalized spacial score (nSPS) is 11.6. The number of nitrogen functional groups attached to an aromatic ring is 1. The highest BCUT2D eigenvalue weighted by Crippen LogP contribution is 2.15. The SMILES string of the molecule is CC(F)(F)COCc1ccccc1N. The summed E-state index contributed by atoms with van der Waals surface area (Å²) in [6, 6.07) is 7.04. The van der Waals surface area contributed by atoms with E-state index in [1.54, 1.807) is 24.3 Å². The third kappa shape index (κ3) is 3.70. The molecule has 1 rings (SSSR count). The van der Waals surface area contributed by atoms with Crippen LogP contribution in [-0.2, 0) is 11.3 Å². The number of alkyl halides is 2. The lowest BCUT2D eigenvalue weighted by Gasteiger charge is -2.11. The van der Waals surface area contributed by atoms with Crippen LogP contribution in [0.25, 0.3) is 0 Å². The van der Waals surface area contributed by atoms with E-state index in [9.17, 15) is 8.78 Å². The van der Waals surface area contributed by atoms with E-state index in [0.717, 1.165) is 12.5 Å². The van der Waals surface area contributed by atoms with Crippen molar-refractivity contribution in [3.05, 3.63) is 29.8 Å². The van der Waals surface area contributed by atoms with Crippen molar-refractivity contribution in [2.45, 2.75) is 19.5 Å². The van der Waals surface area contributed by atoms with E-state index < -0.39 is 12.5 Å². The molecule has 0 aliphatic carbocycles. The number of anilines is 1. The molecule has 1 aromatic carbocycles. The van der Waals surface area contributed by atoms with Gasteiger partial charge >= 0.3 is 0 Å². The van der Waals surface area contributed by atoms with Crippen molar-refractivity contribution in [3.8, 4) is 0 Å². The molecular weight excluding hydrogens is 188 g/mol. The molecule has 2 N–H and O–H groups in total. The molecule has 0 heterocycles. The quantitative estimate of drug-likeness (QED) is 0.759. The van der Waals surface area contributed by atoms with Gasteiger partial charge in [0.1, 0.15) is 6.61 Å². The van der Waals surface area contributed by atoms with Gasteiger partial charge in [0.25, 0.3) is 5.92 Å². The highest BCUT2D eigenvalue weighted by atomic mass is 19.3. The number of para-hydroxylation sites is 1. The number of hydrogen-bond donors (Lipinski definition) is 1. The molecular formula is C10H13F2NO. The predicted octanol–water partition coefficient (Wildman–Crippen LogP) is 2.44. The minimum absolute atomic E-state index is 0.121. The lowest BCUT2D eigenvalue weighted by molar-refractivity contribution is -0.0672. The van der Waals surface area contributed by atoms with E-state index in [1.165, 1.54) is 0 Å². The van der Waals surface area contributed by atoms with Crippen molar-refractivity contribution >= 4 is 5.69 Å². The molecule has 0 unspecified atom stereocenters. The molecule has 0 fully saturated rings. The van der Waals surface area contributed by atoms with Crippen molar-refractivity contribution in [2.24, 2.45) is 0 Å². The average molecular weight is 201 g/mol. The molecule has 14 heavy (non-hydrogen) atoms. The fourth-order valence-electron chi connectivity index (χ4n) is 1.01. The first kappa shape index (κ1) is 10.9. The van der Waals surface area contributed by atoms with Crippen LogP contribution in [0.5, 0.6) is 0 Å². The molecule has 0 aliphatic rings. The summed E-state index contributed by atoms with van der Waals surface area (Å²) in [6.45, 7) is 0.360. The van der Waals surface area contributed by atoms with Gasteiger partial charge in [0.15, 0.2) is 0 Å². The van der Waals surface area contributed by atoms with Gasteiger partial charge in [-0.15, -0.1) is 0 Å². The highest BCUT2D eigenvalue weighted by Gasteiger charge is 2.20. The molecule has 0 aliphatic heterocycles. The number of halogens is 2. The summed E-state index contributed by atoms with van der Waals surface area (Å²) >= 11 is 0. The van der Waals surface area contributed by atoms with Gasteiger partial charge in [0.05, 0.1) is 6.61 Å². The summed E-state index contributed by atoms with van der Waals surface area (Å²) in [4.78, 5) is 0. The Morgan fingerprint density at radius 3 is 2.57 bits per heavy atom. The minimum Gasteiger partial charge on any atom is -0.398 e. The standard InChI is InChI=1S/C10H13F2NO/c1-10(11,12)7-14-6-8-4-2-3-5-9(8)13/h2-5H,6-7,13H2,1H3. The Bertz CT molecular complexity index is 296. The van der Waals surface area contributed by atoms with Gasteiger partial charge in [-0.1, -0.05) is 18.2 Å². The van der Waals surface area contributed by atoms with Crippen LogP contribution in [0.1, 0.15) is 12.5 Å². The van der Waals surface area contributed by atoms with Crippen molar-refractivity contribution in [2.75, 3.05) is 12.3 Å². The number of ether oxygens (including phenoxy) is 1. The number of rotatable bonds is 4. The first-order valence-electron chi connectivity index (χ1n) is 4.28. The van der Waals surface area contributed by atoms with E-state index >= 15 is 0 Å². The van der Waals surface area contributed by atoms with Crippen LogP contribution in [0.15, 0.2) is 24.3 Å². The Labute approximate surface area is 81.7 Å². The molecule has 0 radical (unpaired) electrons. The van der Waals surface area contributed by atoms with Crippen LogP contribution in [0, 0.1) is 0 Å². The third-order valence-corrected chi connectivity index (χ3v) is 1.67. The summed E-state index contributed by atoms with van der Waals surface area (Å²) in [5.41, 5.74) is 6.90. The number of hydrogen-bond acceptors (Lipinski definition) is 2. The second-order valence-electron chi connectivity index (χ2n) is 3.26. The van der Waals surface area contributed by atoms with Crippen molar-refractivity contribution in [1.82, 2.24) is 0 Å². The first-order valence-corrected chi connectivity index (χ1v) is 4.28. The van der Waals surface area contributed by atoms with E-state index in [4.69, 9.17) is 10.5 Å². The maximum absolute atomic E-state index is 12.4. The maximum atomic E-state index is 12.4. The number of benzene rings is 1. The predicted molar refractivity (Wildman–Crippen MR) is 51.1 cm³/mol. The van der Waals surface area contributed by atoms with Crippen LogP contribution in [0.3, 0.4) is 0 Å². The largest absolute Gasteiger partial charge is 0.398 e. The fourth-order valence-corrected chi connectivity index (χ4v) is 1.01. The van der Waals surface area contributed by atoms with Crippen LogP contribution < -0.4 is 5.73 Å². The van der Waals surface area contributed by atoms with Crippen LogP contribution in [0.4, 0.5) is 14.5 Å². The van der Waals surface area contributed by atoms with Gasteiger partial charge in [-0.05, 0) is 6.07 Å². The number of nitrogens with two attached hydrogens (primary N) is 1. The first-order chi connectivity index (χ1) is 6.49. The molecule has 0 saturated carbocycles. The Balaban J connectivity index is 2.43. The van der Waals surface area contributed by atoms with E-state index in [2.05, 4.69) is 0 Å². The summed E-state index contributed by atoms with van der Waals surface area (Å²) < 4.78 is 29.6. The Morgan fingerprint density at radius 2 is 2.00 bits per heavy atom. The minimum atomic E-state index is -2.79. The van der Waals surface area contributed by atoms with Crippen LogP contribution in [0.2, 0.25) is 0 Å². The second kappa shape index (κ2) is 4.37. The molecule has 4 heteroatoms. The molecule has 0 amide bonds. The van der Waals surface area contributed by atoms with Crippen LogP contribution in [-0.4, -0.2) is 12.5 Å². The van der Waals surface area contributed by atoms with Crippen LogP contribution >= 0.6 is 0 Å². The Morgan fingerprint density at radius 1 is 1.36 bits per heavy atom. The van der Waals surface area contributed by atoms with Gasteiger partial charge < -0.3 is 10.5 Å². The van der Waals surface area contributed by atoms with E-state index in [1.807, 2.05) is 0 Å². The zero-order chi connectivity index (χ0) is 10.6. The van der Waals surface area contributed by atoms with Gasteiger partial charge in [0, 0.05) is 18.2 Å². The lowest BCUT2D eigenvalue weighted by Crippen LogP contribution is -2.18. The molecule has 78 valence electrons.